The number of nitrogens with zero attached hydrogens (tertiary/aromatic N) is 1. The minimum Gasteiger partial charge on any atom is -0.493 e. The maximum absolute atomic E-state index is 13.7. The molecule has 10 heteroatoms. The van der Waals surface area contributed by atoms with Crippen LogP contribution in [-0.2, 0) is 20.7 Å². The molecule has 0 radical (unpaired) electrons. The minimum absolute atomic E-state index is 0.0641. The Morgan fingerprint density at radius 3 is 2.33 bits per heavy atom. The van der Waals surface area contributed by atoms with Crippen LogP contribution in [0.25, 0.3) is 11.1 Å². The van der Waals surface area contributed by atoms with Crippen molar-refractivity contribution >= 4 is 17.5 Å². The molecular weight excluding hydrogens is 514 g/mol. The number of nitrogens with one attached hydrogen (secondary N) is 2. The maximum atomic E-state index is 13.7. The van der Waals surface area contributed by atoms with Crippen molar-refractivity contribution in [2.24, 2.45) is 5.92 Å². The number of hydrogen-bond acceptors (Lipinski definition) is 8. The average molecular weight is 554 g/mol. The summed E-state index contributed by atoms with van der Waals surface area (Å²) in [5.41, 5.74) is 3.14. The average Bonchev–Trinajstić information content (AvgIpc) is 3.18. The van der Waals surface area contributed by atoms with Crippen LogP contribution in [0.4, 0.5) is 5.69 Å². The van der Waals surface area contributed by atoms with Crippen molar-refractivity contribution in [1.82, 2.24) is 10.2 Å². The first kappa shape index (κ1) is 29.2. The summed E-state index contributed by atoms with van der Waals surface area (Å²) in [6.45, 7) is 7.39. The number of morpholine rings is 1. The molecule has 2 amide bonds. The molecule has 0 saturated carbocycles. The van der Waals surface area contributed by atoms with Gasteiger partial charge in [0.1, 0.15) is 6.04 Å². The highest BCUT2D eigenvalue weighted by Crippen LogP contribution is 2.50. The lowest BCUT2D eigenvalue weighted by Crippen LogP contribution is -2.50. The zero-order valence-corrected chi connectivity index (χ0v) is 24.1. The van der Waals surface area contributed by atoms with Crippen molar-refractivity contribution in [3.63, 3.8) is 0 Å². The number of carbonyl (C=O) groups excluding carboxylic acids is 2. The fourth-order valence-corrected chi connectivity index (χ4v) is 5.49. The Morgan fingerprint density at radius 1 is 1.02 bits per heavy atom. The number of ether oxygens (including phenoxy) is 4. The van der Waals surface area contributed by atoms with Gasteiger partial charge in [0.15, 0.2) is 11.5 Å². The number of carbonyl (C=O) groups is 2. The summed E-state index contributed by atoms with van der Waals surface area (Å²) in [4.78, 5) is 41.1. The lowest BCUT2D eigenvalue weighted by molar-refractivity contribution is -0.137. The van der Waals surface area contributed by atoms with Gasteiger partial charge in [-0.05, 0) is 53.6 Å². The number of fused-ring (bicyclic) bond motifs is 3. The van der Waals surface area contributed by atoms with Crippen LogP contribution >= 0.6 is 0 Å². The largest absolute Gasteiger partial charge is 0.493 e. The molecule has 1 saturated heterocycles. The summed E-state index contributed by atoms with van der Waals surface area (Å²) in [5, 5.41) is 6.26. The van der Waals surface area contributed by atoms with E-state index in [4.69, 9.17) is 18.9 Å². The highest BCUT2D eigenvalue weighted by Gasteiger charge is 2.31. The smallest absolute Gasteiger partial charge is 0.245 e. The molecule has 0 bridgehead atoms. The molecule has 0 unspecified atom stereocenters. The lowest BCUT2D eigenvalue weighted by Gasteiger charge is -2.32. The fraction of sp³-hybridized carbons (Fsp3) is 0.500. The van der Waals surface area contributed by atoms with Crippen molar-refractivity contribution in [2.75, 3.05) is 52.9 Å². The predicted octanol–water partition coefficient (Wildman–Crippen LogP) is 3.16. The van der Waals surface area contributed by atoms with E-state index in [0.717, 1.165) is 16.7 Å². The Hall–Kier alpha value is -3.79. The highest BCUT2D eigenvalue weighted by molar-refractivity contribution is 5.86. The number of hydrogen-bond donors (Lipinski definition) is 2. The van der Waals surface area contributed by atoms with Gasteiger partial charge in [-0.15, -0.1) is 0 Å². The molecule has 1 heterocycles. The molecule has 2 atom stereocenters. The zero-order valence-electron chi connectivity index (χ0n) is 24.1. The summed E-state index contributed by atoms with van der Waals surface area (Å²) in [5.74, 6) is 1.13. The molecule has 4 rings (SSSR count). The lowest BCUT2D eigenvalue weighted by atomic mass is 9.95. The van der Waals surface area contributed by atoms with Crippen LogP contribution in [0.3, 0.4) is 0 Å². The second kappa shape index (κ2) is 12.6. The van der Waals surface area contributed by atoms with Gasteiger partial charge in [0.25, 0.3) is 0 Å². The molecule has 2 aliphatic rings. The number of benzene rings is 1. The molecule has 40 heavy (non-hydrogen) atoms. The third kappa shape index (κ3) is 5.86. The second-order valence-electron chi connectivity index (χ2n) is 10.4. The molecule has 1 aliphatic carbocycles. The number of anilines is 1. The van der Waals surface area contributed by atoms with E-state index in [1.807, 2.05) is 26.0 Å². The van der Waals surface area contributed by atoms with E-state index in [0.29, 0.717) is 67.6 Å². The summed E-state index contributed by atoms with van der Waals surface area (Å²) >= 11 is 0. The summed E-state index contributed by atoms with van der Waals surface area (Å²) < 4.78 is 22.5. The third-order valence-electron chi connectivity index (χ3n) is 7.48. The van der Waals surface area contributed by atoms with Gasteiger partial charge < -0.3 is 34.5 Å². The zero-order chi connectivity index (χ0) is 29.0. The third-order valence-corrected chi connectivity index (χ3v) is 7.48. The topological polar surface area (TPSA) is 115 Å². The maximum Gasteiger partial charge on any atom is 0.245 e. The molecule has 0 spiro atoms. The predicted molar refractivity (Wildman–Crippen MR) is 152 cm³/mol. The van der Waals surface area contributed by atoms with Crippen LogP contribution in [0.15, 0.2) is 29.1 Å². The van der Waals surface area contributed by atoms with Gasteiger partial charge in [-0.1, -0.05) is 19.9 Å². The number of aryl methyl sites for hydroxylation is 1. The highest BCUT2D eigenvalue weighted by atomic mass is 16.5. The van der Waals surface area contributed by atoms with Crippen LogP contribution in [0, 0.1) is 5.92 Å². The molecule has 2 N–H and O–H groups in total. The van der Waals surface area contributed by atoms with Gasteiger partial charge in [-0.25, -0.2) is 0 Å². The summed E-state index contributed by atoms with van der Waals surface area (Å²) in [6, 6.07) is 6.02. The van der Waals surface area contributed by atoms with Crippen LogP contribution in [0.2, 0.25) is 0 Å². The Labute approximate surface area is 234 Å². The van der Waals surface area contributed by atoms with Crippen LogP contribution in [0.1, 0.15) is 44.4 Å². The van der Waals surface area contributed by atoms with Crippen LogP contribution in [0.5, 0.6) is 17.2 Å². The van der Waals surface area contributed by atoms with E-state index in [-0.39, 0.29) is 23.2 Å². The molecule has 2 aromatic rings. The first-order valence-electron chi connectivity index (χ1n) is 13.6. The molecule has 216 valence electrons. The van der Waals surface area contributed by atoms with Crippen molar-refractivity contribution < 1.29 is 28.5 Å². The Balaban J connectivity index is 1.88. The number of rotatable bonds is 8. The van der Waals surface area contributed by atoms with Gasteiger partial charge in [0.05, 0.1) is 46.3 Å². The van der Waals surface area contributed by atoms with E-state index in [1.165, 1.54) is 6.92 Å². The molecule has 1 aliphatic heterocycles. The molecular formula is C30H39N3O7. The van der Waals surface area contributed by atoms with Gasteiger partial charge in [0.2, 0.25) is 23.0 Å². The van der Waals surface area contributed by atoms with Crippen molar-refractivity contribution in [3.05, 3.63) is 45.6 Å². The Bertz CT molecular complexity index is 1320. The molecule has 2 aromatic carbocycles. The first-order chi connectivity index (χ1) is 19.2. The molecule has 0 aromatic heterocycles. The number of methoxy groups -OCH3 is 3. The van der Waals surface area contributed by atoms with Gasteiger partial charge in [-0.3, -0.25) is 14.4 Å². The Morgan fingerprint density at radius 2 is 1.73 bits per heavy atom. The van der Waals surface area contributed by atoms with E-state index < -0.39 is 12.1 Å². The monoisotopic (exact) mass is 553 g/mol. The SMILES string of the molecule is COc1cc2c(c(OC)c1OC)-c1ccc(N[C@H](C(=O)N3CCOCC3)C(C)C)c(=O)cc1[C@@H](NC(C)=O)CC2. The standard InChI is InChI=1S/C30H39N3O7/c1-17(2)27(30(36)33-11-13-40-14-12-33)32-23-10-8-20-21(16-24(23)35)22(31-18(3)34)9-7-19-15-25(37-4)28(38-5)29(39-6)26(19)20/h8,10,15-17,22,27H,7,9,11-14H2,1-6H3,(H,31,34)(H,32,35)/t22-,27-/m0/s1. The van der Waals surface area contributed by atoms with E-state index in [2.05, 4.69) is 10.6 Å². The van der Waals surface area contributed by atoms with Crippen molar-refractivity contribution in [1.29, 1.82) is 0 Å². The molecule has 10 nitrogen and oxygen atoms in total. The van der Waals surface area contributed by atoms with E-state index >= 15 is 0 Å². The van der Waals surface area contributed by atoms with Crippen molar-refractivity contribution in [2.45, 2.75) is 45.7 Å². The normalized spacial score (nSPS) is 17.2. The Kier molecular flexibility index (Phi) is 9.19. The summed E-state index contributed by atoms with van der Waals surface area (Å²) in [7, 11) is 4.68. The van der Waals surface area contributed by atoms with Crippen molar-refractivity contribution in [3.8, 4) is 28.4 Å². The van der Waals surface area contributed by atoms with Crippen LogP contribution < -0.4 is 30.3 Å². The summed E-state index contributed by atoms with van der Waals surface area (Å²) in [6.07, 6.45) is 1.17. The van der Waals surface area contributed by atoms with Gasteiger partial charge >= 0.3 is 0 Å². The fourth-order valence-electron chi connectivity index (χ4n) is 5.49. The van der Waals surface area contributed by atoms with E-state index in [1.54, 1.807) is 38.4 Å². The molecule has 1 fully saturated rings. The van der Waals surface area contributed by atoms with Gasteiger partial charge in [0, 0.05) is 25.6 Å². The van der Waals surface area contributed by atoms with Gasteiger partial charge in [-0.2, -0.15) is 0 Å². The quantitative estimate of drug-likeness (QED) is 0.512. The van der Waals surface area contributed by atoms with E-state index in [9.17, 15) is 14.4 Å². The van der Waals surface area contributed by atoms with Crippen LogP contribution in [-0.4, -0.2) is 70.4 Å². The first-order valence-corrected chi connectivity index (χ1v) is 13.6. The number of amides is 2. The minimum atomic E-state index is -0.592. The second-order valence-corrected chi connectivity index (χ2v) is 10.4.